The summed E-state index contributed by atoms with van der Waals surface area (Å²) in [5.41, 5.74) is 1.82. The number of nitrogens with one attached hydrogen (secondary N) is 2. The summed E-state index contributed by atoms with van der Waals surface area (Å²) in [6.07, 6.45) is 4.64. The Hall–Kier alpha value is -4.10. The molecular formula is C22H19FN6O2S. The summed E-state index contributed by atoms with van der Waals surface area (Å²) in [6.45, 7) is 0.327. The first kappa shape index (κ1) is 22.6. The third kappa shape index (κ3) is 6.45. The van der Waals surface area contributed by atoms with E-state index in [0.29, 0.717) is 22.0 Å². The number of thiazole rings is 1. The Morgan fingerprint density at radius 3 is 2.88 bits per heavy atom. The molecule has 0 aliphatic heterocycles. The van der Waals surface area contributed by atoms with Crippen molar-refractivity contribution in [2.24, 2.45) is 0 Å². The Morgan fingerprint density at radius 1 is 1.31 bits per heavy atom. The number of halogens is 1. The van der Waals surface area contributed by atoms with E-state index >= 15 is 0 Å². The molecule has 0 spiro atoms. The molecule has 162 valence electrons. The fourth-order valence-corrected chi connectivity index (χ4v) is 3.39. The first-order chi connectivity index (χ1) is 15.4. The van der Waals surface area contributed by atoms with E-state index in [2.05, 4.69) is 20.6 Å². The van der Waals surface area contributed by atoms with Crippen LogP contribution in [-0.2, 0) is 17.9 Å². The summed E-state index contributed by atoms with van der Waals surface area (Å²) in [7, 11) is 1.56. The molecule has 0 fully saturated rings. The molecular weight excluding hydrogens is 431 g/mol. The Morgan fingerprint density at radius 2 is 2.16 bits per heavy atom. The number of urea groups is 1. The van der Waals surface area contributed by atoms with Crippen LogP contribution < -0.4 is 10.6 Å². The minimum Gasteiger partial charge on any atom is -0.335 e. The molecule has 2 heterocycles. The summed E-state index contributed by atoms with van der Waals surface area (Å²) in [5.74, 6) is -0.825. The lowest BCUT2D eigenvalue weighted by atomic mass is 10.1. The highest BCUT2D eigenvalue weighted by atomic mass is 32.1. The van der Waals surface area contributed by atoms with Gasteiger partial charge in [0, 0.05) is 31.4 Å². The third-order valence-electron chi connectivity index (χ3n) is 4.21. The number of benzene rings is 1. The van der Waals surface area contributed by atoms with Gasteiger partial charge in [-0.3, -0.25) is 15.1 Å². The zero-order valence-electron chi connectivity index (χ0n) is 17.1. The Kier molecular flexibility index (Phi) is 7.61. The molecule has 32 heavy (non-hydrogen) atoms. The fraction of sp³-hybridized carbons (Fsp3) is 0.136. The highest BCUT2D eigenvalue weighted by Crippen LogP contribution is 2.17. The van der Waals surface area contributed by atoms with Crippen LogP contribution in [0.2, 0.25) is 0 Å². The predicted octanol–water partition coefficient (Wildman–Crippen LogP) is 3.56. The van der Waals surface area contributed by atoms with Crippen LogP contribution in [0.4, 0.5) is 14.3 Å². The van der Waals surface area contributed by atoms with Crippen LogP contribution in [0.3, 0.4) is 0 Å². The van der Waals surface area contributed by atoms with Crippen LogP contribution in [0.5, 0.6) is 0 Å². The smallest absolute Gasteiger partial charge is 0.321 e. The van der Waals surface area contributed by atoms with Crippen molar-refractivity contribution in [3.05, 3.63) is 82.4 Å². The molecule has 2 N–H and O–H groups in total. The number of nitriles is 1. The lowest BCUT2D eigenvalue weighted by Gasteiger charge is -2.15. The number of anilines is 1. The van der Waals surface area contributed by atoms with Crippen molar-refractivity contribution in [2.75, 3.05) is 12.4 Å². The van der Waals surface area contributed by atoms with E-state index in [4.69, 9.17) is 0 Å². The first-order valence-electron chi connectivity index (χ1n) is 9.45. The molecule has 2 aromatic heterocycles. The fourth-order valence-electron chi connectivity index (χ4n) is 2.70. The number of aromatic nitrogens is 2. The van der Waals surface area contributed by atoms with E-state index in [9.17, 15) is 19.2 Å². The van der Waals surface area contributed by atoms with Gasteiger partial charge in [0.05, 0.1) is 12.2 Å². The molecule has 8 nitrogen and oxygen atoms in total. The minimum absolute atomic E-state index is 0.0224. The first-order valence-corrected chi connectivity index (χ1v) is 10.3. The second-order valence-corrected chi connectivity index (χ2v) is 7.56. The van der Waals surface area contributed by atoms with Crippen LogP contribution in [0.15, 0.2) is 59.7 Å². The number of amides is 3. The zero-order chi connectivity index (χ0) is 22.9. The minimum atomic E-state index is -0.481. The average Bonchev–Trinajstić information content (AvgIpc) is 3.22. The molecule has 1 aromatic carbocycles. The van der Waals surface area contributed by atoms with Gasteiger partial charge in [-0.05, 0) is 35.4 Å². The van der Waals surface area contributed by atoms with Gasteiger partial charge in [0.1, 0.15) is 17.5 Å². The van der Waals surface area contributed by atoms with Crippen LogP contribution in [0, 0.1) is 17.1 Å². The number of pyridine rings is 1. The standard InChI is InChI=1S/C22H19FN6O2S/c1-29(20(30)17(10-24)8-15-5-3-7-25-11-15)13-19-14-32-22(27-19)28-21(31)26-12-16-4-2-6-18(23)9-16/h2-9,11,14H,12-13H2,1H3,(H2,26,27,28,31)/b17-8+. The summed E-state index contributed by atoms with van der Waals surface area (Å²) in [4.78, 5) is 34.3. The quantitative estimate of drug-likeness (QED) is 0.422. The highest BCUT2D eigenvalue weighted by Gasteiger charge is 2.17. The largest absolute Gasteiger partial charge is 0.335 e. The maximum atomic E-state index is 13.2. The lowest BCUT2D eigenvalue weighted by Crippen LogP contribution is -2.28. The van der Waals surface area contributed by atoms with Gasteiger partial charge < -0.3 is 10.2 Å². The van der Waals surface area contributed by atoms with E-state index in [-0.39, 0.29) is 24.5 Å². The van der Waals surface area contributed by atoms with Crippen LogP contribution >= 0.6 is 11.3 Å². The van der Waals surface area contributed by atoms with E-state index in [0.717, 1.165) is 0 Å². The number of carbonyl (C=O) groups is 2. The molecule has 3 amide bonds. The number of rotatable bonds is 7. The van der Waals surface area contributed by atoms with Crippen molar-refractivity contribution >= 4 is 34.5 Å². The van der Waals surface area contributed by atoms with E-state index in [1.807, 2.05) is 6.07 Å². The molecule has 0 aliphatic rings. The van der Waals surface area contributed by atoms with Crippen LogP contribution in [0.1, 0.15) is 16.8 Å². The molecule has 0 radical (unpaired) electrons. The van der Waals surface area contributed by atoms with Crippen molar-refractivity contribution in [1.82, 2.24) is 20.2 Å². The molecule has 3 rings (SSSR count). The van der Waals surface area contributed by atoms with Crippen LogP contribution in [0.25, 0.3) is 6.08 Å². The molecule has 10 heteroatoms. The second-order valence-electron chi connectivity index (χ2n) is 6.70. The zero-order valence-corrected chi connectivity index (χ0v) is 17.9. The highest BCUT2D eigenvalue weighted by molar-refractivity contribution is 7.13. The molecule has 0 saturated carbocycles. The van der Waals surface area contributed by atoms with Gasteiger partial charge in [-0.2, -0.15) is 5.26 Å². The van der Waals surface area contributed by atoms with Gasteiger partial charge in [-0.15, -0.1) is 11.3 Å². The van der Waals surface area contributed by atoms with Gasteiger partial charge in [-0.25, -0.2) is 14.2 Å². The van der Waals surface area contributed by atoms with Gasteiger partial charge >= 0.3 is 6.03 Å². The van der Waals surface area contributed by atoms with Gasteiger partial charge in [0.2, 0.25) is 0 Å². The summed E-state index contributed by atoms with van der Waals surface area (Å²) < 4.78 is 13.2. The maximum Gasteiger partial charge on any atom is 0.321 e. The molecule has 0 aliphatic carbocycles. The van der Waals surface area contributed by atoms with Gasteiger partial charge in [-0.1, -0.05) is 18.2 Å². The summed E-state index contributed by atoms with van der Waals surface area (Å²) in [6, 6.07) is 10.8. The Bertz CT molecular complexity index is 1170. The number of hydrogen-bond donors (Lipinski definition) is 2. The topological polar surface area (TPSA) is 111 Å². The molecule has 0 unspecified atom stereocenters. The third-order valence-corrected chi connectivity index (χ3v) is 5.01. The molecule has 0 atom stereocenters. The predicted molar refractivity (Wildman–Crippen MR) is 119 cm³/mol. The van der Waals surface area contributed by atoms with Crippen molar-refractivity contribution in [3.63, 3.8) is 0 Å². The van der Waals surface area contributed by atoms with E-state index in [1.54, 1.807) is 49.1 Å². The normalized spacial score (nSPS) is 10.8. The number of carbonyl (C=O) groups excluding carboxylic acids is 2. The van der Waals surface area contributed by atoms with Crippen LogP contribution in [-0.4, -0.2) is 33.9 Å². The number of hydrogen-bond acceptors (Lipinski definition) is 6. The lowest BCUT2D eigenvalue weighted by molar-refractivity contribution is -0.125. The second kappa shape index (κ2) is 10.8. The molecule has 0 bridgehead atoms. The maximum absolute atomic E-state index is 13.2. The molecule has 0 saturated heterocycles. The monoisotopic (exact) mass is 450 g/mol. The van der Waals surface area contributed by atoms with Crippen molar-refractivity contribution in [1.29, 1.82) is 5.26 Å². The van der Waals surface area contributed by atoms with Crippen molar-refractivity contribution in [3.8, 4) is 6.07 Å². The average molecular weight is 450 g/mol. The molecule has 3 aromatic rings. The van der Waals surface area contributed by atoms with E-state index < -0.39 is 11.9 Å². The summed E-state index contributed by atoms with van der Waals surface area (Å²) >= 11 is 1.20. The Balaban J connectivity index is 1.54. The van der Waals surface area contributed by atoms with Crippen molar-refractivity contribution < 1.29 is 14.0 Å². The van der Waals surface area contributed by atoms with Gasteiger partial charge in [0.25, 0.3) is 5.91 Å². The Labute approximate surface area is 188 Å². The van der Waals surface area contributed by atoms with Crippen molar-refractivity contribution in [2.45, 2.75) is 13.1 Å². The number of nitrogens with zero attached hydrogens (tertiary/aromatic N) is 4. The van der Waals surface area contributed by atoms with E-state index in [1.165, 1.54) is 34.4 Å². The SMILES string of the molecule is CN(Cc1csc(NC(=O)NCc2cccc(F)c2)n1)C(=O)/C(C#N)=C/c1cccnc1. The number of likely N-dealkylation sites (N-methyl/N-ethyl adjacent to an activating group) is 1. The summed E-state index contributed by atoms with van der Waals surface area (Å²) in [5, 5.41) is 16.6. The van der Waals surface area contributed by atoms with Gasteiger partial charge in [0.15, 0.2) is 5.13 Å².